The molecule has 2 aromatic rings. The van der Waals surface area contributed by atoms with Crippen LogP contribution in [-0.2, 0) is 10.0 Å². The Hall–Kier alpha value is -1.54. The summed E-state index contributed by atoms with van der Waals surface area (Å²) in [5, 5.41) is 0.673. The van der Waals surface area contributed by atoms with Gasteiger partial charge in [-0.15, -0.1) is 0 Å². The van der Waals surface area contributed by atoms with E-state index in [0.29, 0.717) is 17.3 Å². The number of benzene rings is 2. The predicted octanol–water partition coefficient (Wildman–Crippen LogP) is 3.97. The van der Waals surface area contributed by atoms with Gasteiger partial charge in [0.1, 0.15) is 0 Å². The molecule has 0 unspecified atom stereocenters. The molecule has 24 heavy (non-hydrogen) atoms. The van der Waals surface area contributed by atoms with Gasteiger partial charge in [0, 0.05) is 17.8 Å². The van der Waals surface area contributed by atoms with Gasteiger partial charge in [0.15, 0.2) is 0 Å². The third kappa shape index (κ3) is 5.52. The van der Waals surface area contributed by atoms with Gasteiger partial charge in [0.05, 0.1) is 29.8 Å². The van der Waals surface area contributed by atoms with Gasteiger partial charge in [-0.2, -0.15) is 3.71 Å². The van der Waals surface area contributed by atoms with Gasteiger partial charge in [-0.3, -0.25) is 4.99 Å². The molecule has 5 nitrogen and oxygen atoms in total. The lowest BCUT2D eigenvalue weighted by molar-refractivity contribution is 0.604. The standard InChI is InChI=1S/C16H18ClN3O2S2/c1-13-12-14(17)8-9-16(13)18-10-11-19-23-20(24(2,21)22)15-6-4-3-5-7-15/h3-10,12,19H,11H2,1-2H3. The number of hydrogen-bond donors (Lipinski definition) is 1. The van der Waals surface area contributed by atoms with E-state index >= 15 is 0 Å². The first kappa shape index (κ1) is 18.8. The number of para-hydroxylation sites is 1. The van der Waals surface area contributed by atoms with Crippen molar-refractivity contribution in [3.63, 3.8) is 0 Å². The van der Waals surface area contributed by atoms with E-state index in [-0.39, 0.29) is 0 Å². The van der Waals surface area contributed by atoms with Crippen LogP contribution in [-0.4, -0.2) is 27.4 Å². The highest BCUT2D eigenvalue weighted by molar-refractivity contribution is 8.13. The molecule has 0 aliphatic rings. The Balaban J connectivity index is 1.95. The number of aliphatic imine (C=N–C) groups is 1. The van der Waals surface area contributed by atoms with Gasteiger partial charge in [0.25, 0.3) is 0 Å². The van der Waals surface area contributed by atoms with Gasteiger partial charge in [-0.05, 0) is 42.8 Å². The van der Waals surface area contributed by atoms with Crippen LogP contribution in [0.1, 0.15) is 5.56 Å². The lowest BCUT2D eigenvalue weighted by atomic mass is 10.2. The quantitative estimate of drug-likeness (QED) is 0.446. The zero-order valence-corrected chi connectivity index (χ0v) is 15.7. The molecule has 0 heterocycles. The van der Waals surface area contributed by atoms with Crippen LogP contribution in [0.4, 0.5) is 11.4 Å². The van der Waals surface area contributed by atoms with Crippen molar-refractivity contribution in [1.82, 2.24) is 4.72 Å². The molecule has 2 rings (SSSR count). The summed E-state index contributed by atoms with van der Waals surface area (Å²) in [6, 6.07) is 14.4. The SMILES string of the molecule is Cc1cc(Cl)ccc1N=CCNSN(c1ccccc1)S(C)(=O)=O. The van der Waals surface area contributed by atoms with Gasteiger partial charge < -0.3 is 0 Å². The maximum Gasteiger partial charge on any atom is 0.242 e. The fourth-order valence-corrected chi connectivity index (χ4v) is 3.83. The van der Waals surface area contributed by atoms with Crippen molar-refractivity contribution >= 4 is 51.3 Å². The second-order valence-corrected chi connectivity index (χ2v) is 8.34. The number of aryl methyl sites for hydroxylation is 1. The van der Waals surface area contributed by atoms with Crippen LogP contribution >= 0.6 is 23.7 Å². The van der Waals surface area contributed by atoms with Crippen molar-refractivity contribution in [2.75, 3.05) is 16.5 Å². The summed E-state index contributed by atoms with van der Waals surface area (Å²) in [6.07, 6.45) is 2.86. The minimum absolute atomic E-state index is 0.408. The van der Waals surface area contributed by atoms with Crippen molar-refractivity contribution in [3.8, 4) is 0 Å². The maximum atomic E-state index is 11.9. The molecule has 2 aromatic carbocycles. The average molecular weight is 384 g/mol. The van der Waals surface area contributed by atoms with Crippen LogP contribution in [0.3, 0.4) is 0 Å². The fraction of sp³-hybridized carbons (Fsp3) is 0.188. The summed E-state index contributed by atoms with van der Waals surface area (Å²) in [7, 11) is -3.39. The van der Waals surface area contributed by atoms with Gasteiger partial charge in [-0.25, -0.2) is 13.1 Å². The van der Waals surface area contributed by atoms with E-state index in [1.54, 1.807) is 36.5 Å². The Labute approximate surface area is 152 Å². The van der Waals surface area contributed by atoms with Crippen LogP contribution in [0.2, 0.25) is 5.02 Å². The molecule has 0 radical (unpaired) electrons. The molecule has 1 N–H and O–H groups in total. The largest absolute Gasteiger partial charge is 0.260 e. The third-order valence-electron chi connectivity index (χ3n) is 2.98. The lowest BCUT2D eigenvalue weighted by Gasteiger charge is -2.20. The molecule has 0 fully saturated rings. The highest BCUT2D eigenvalue weighted by atomic mass is 35.5. The molecule has 128 valence electrons. The molecule has 8 heteroatoms. The van der Waals surface area contributed by atoms with E-state index in [4.69, 9.17) is 11.6 Å². The summed E-state index contributed by atoms with van der Waals surface area (Å²) in [6.45, 7) is 2.34. The van der Waals surface area contributed by atoms with E-state index in [9.17, 15) is 8.42 Å². The highest BCUT2D eigenvalue weighted by Crippen LogP contribution is 2.24. The Bertz CT molecular complexity index is 811. The topological polar surface area (TPSA) is 61.8 Å². The summed E-state index contributed by atoms with van der Waals surface area (Å²) >= 11 is 6.91. The van der Waals surface area contributed by atoms with Crippen molar-refractivity contribution in [2.45, 2.75) is 6.92 Å². The molecule has 0 saturated carbocycles. The first-order valence-corrected chi connectivity index (χ1v) is 10.1. The Kier molecular flexibility index (Phi) is 6.68. The average Bonchev–Trinajstić information content (AvgIpc) is 2.52. The van der Waals surface area contributed by atoms with E-state index in [0.717, 1.165) is 23.4 Å². The molecule has 0 aliphatic carbocycles. The van der Waals surface area contributed by atoms with E-state index in [1.165, 1.54) is 9.97 Å². The second-order valence-electron chi connectivity index (χ2n) is 5.01. The highest BCUT2D eigenvalue weighted by Gasteiger charge is 2.17. The molecule has 0 spiro atoms. The van der Waals surface area contributed by atoms with Crippen LogP contribution in [0.5, 0.6) is 0 Å². The van der Waals surface area contributed by atoms with E-state index in [1.807, 2.05) is 25.1 Å². The van der Waals surface area contributed by atoms with Crippen molar-refractivity contribution in [1.29, 1.82) is 0 Å². The smallest absolute Gasteiger partial charge is 0.242 e. The molecule has 0 saturated heterocycles. The minimum Gasteiger partial charge on any atom is -0.260 e. The molecule has 0 atom stereocenters. The number of rotatable bonds is 7. The molecule has 0 bridgehead atoms. The first-order valence-electron chi connectivity index (χ1n) is 7.12. The number of anilines is 1. The van der Waals surface area contributed by atoms with Gasteiger partial charge in [0.2, 0.25) is 10.0 Å². The number of halogens is 1. The monoisotopic (exact) mass is 383 g/mol. The van der Waals surface area contributed by atoms with Crippen molar-refractivity contribution < 1.29 is 8.42 Å². The number of hydrogen-bond acceptors (Lipinski definition) is 5. The summed E-state index contributed by atoms with van der Waals surface area (Å²) < 4.78 is 28.0. The van der Waals surface area contributed by atoms with Gasteiger partial charge in [-0.1, -0.05) is 29.8 Å². The zero-order valence-electron chi connectivity index (χ0n) is 13.3. The second kappa shape index (κ2) is 8.53. The Morgan fingerprint density at radius 2 is 1.96 bits per heavy atom. The molecule has 0 amide bonds. The number of sulfonamides is 1. The molecular formula is C16H18ClN3O2S2. The lowest BCUT2D eigenvalue weighted by Crippen LogP contribution is -2.27. The maximum absolute atomic E-state index is 11.9. The van der Waals surface area contributed by atoms with Crippen LogP contribution in [0.25, 0.3) is 0 Å². The summed E-state index contributed by atoms with van der Waals surface area (Å²) in [5.74, 6) is 0. The zero-order chi connectivity index (χ0) is 17.6. The van der Waals surface area contributed by atoms with Crippen molar-refractivity contribution in [3.05, 3.63) is 59.1 Å². The summed E-state index contributed by atoms with van der Waals surface area (Å²) in [4.78, 5) is 4.35. The summed E-state index contributed by atoms with van der Waals surface area (Å²) in [5.41, 5.74) is 2.39. The minimum atomic E-state index is -3.39. The number of nitrogens with one attached hydrogen (secondary N) is 1. The van der Waals surface area contributed by atoms with Crippen LogP contribution in [0.15, 0.2) is 53.5 Å². The normalized spacial score (nSPS) is 11.8. The van der Waals surface area contributed by atoms with Crippen LogP contribution in [0, 0.1) is 6.92 Å². The molecule has 0 aliphatic heterocycles. The third-order valence-corrected chi connectivity index (χ3v) is 5.74. The Morgan fingerprint density at radius 1 is 1.25 bits per heavy atom. The van der Waals surface area contributed by atoms with Crippen LogP contribution < -0.4 is 8.43 Å². The number of nitrogens with zero attached hydrogens (tertiary/aromatic N) is 2. The molecular weight excluding hydrogens is 366 g/mol. The van der Waals surface area contributed by atoms with E-state index in [2.05, 4.69) is 9.71 Å². The first-order chi connectivity index (χ1) is 11.4. The fourth-order valence-electron chi connectivity index (χ4n) is 1.90. The molecule has 0 aromatic heterocycles. The predicted molar refractivity (Wildman–Crippen MR) is 104 cm³/mol. The Morgan fingerprint density at radius 3 is 2.58 bits per heavy atom. The van der Waals surface area contributed by atoms with Crippen molar-refractivity contribution in [2.24, 2.45) is 4.99 Å². The van der Waals surface area contributed by atoms with E-state index < -0.39 is 10.0 Å². The van der Waals surface area contributed by atoms with Gasteiger partial charge >= 0.3 is 0 Å².